The predicted molar refractivity (Wildman–Crippen MR) is 74.0 cm³/mol. The summed E-state index contributed by atoms with van der Waals surface area (Å²) < 4.78 is 51.2. The summed E-state index contributed by atoms with van der Waals surface area (Å²) in [5, 5.41) is 9.07. The molecule has 0 saturated carbocycles. The molecule has 1 aromatic rings. The van der Waals surface area contributed by atoms with Gasteiger partial charge < -0.3 is 5.11 Å². The van der Waals surface area contributed by atoms with Crippen LogP contribution in [0.15, 0.2) is 17.0 Å². The fourth-order valence-corrected chi connectivity index (χ4v) is 5.09. The van der Waals surface area contributed by atoms with E-state index in [-0.39, 0.29) is 35.2 Å². The topological polar surface area (TPSA) is 74.7 Å². The summed E-state index contributed by atoms with van der Waals surface area (Å²) in [5.74, 6) is -0.536. The van der Waals surface area contributed by atoms with E-state index >= 15 is 0 Å². The summed E-state index contributed by atoms with van der Waals surface area (Å²) >= 11 is 5.76. The van der Waals surface area contributed by atoms with E-state index in [4.69, 9.17) is 16.7 Å². The van der Waals surface area contributed by atoms with Crippen LogP contribution in [0.1, 0.15) is 5.56 Å². The molecule has 1 fully saturated rings. The molecule has 9 heteroatoms. The fourth-order valence-electron chi connectivity index (χ4n) is 1.92. The Morgan fingerprint density at radius 3 is 2.50 bits per heavy atom. The van der Waals surface area contributed by atoms with E-state index < -0.39 is 38.1 Å². The van der Waals surface area contributed by atoms with E-state index in [1.165, 1.54) is 6.07 Å². The van der Waals surface area contributed by atoms with Gasteiger partial charge >= 0.3 is 0 Å². The second-order valence-corrected chi connectivity index (χ2v) is 8.33. The van der Waals surface area contributed by atoms with Gasteiger partial charge in [-0.05, 0) is 12.1 Å². The van der Waals surface area contributed by atoms with Gasteiger partial charge in [-0.15, -0.1) is 0 Å². The summed E-state index contributed by atoms with van der Waals surface area (Å²) in [4.78, 5) is -0.554. The molecule has 1 aromatic carbocycles. The quantitative estimate of drug-likeness (QED) is 0.879. The van der Waals surface area contributed by atoms with Crippen molar-refractivity contribution in [1.82, 2.24) is 4.31 Å². The van der Waals surface area contributed by atoms with E-state index in [1.54, 1.807) is 0 Å². The number of nitrogens with zero attached hydrogens (tertiary/aromatic N) is 1. The predicted octanol–water partition coefficient (Wildman–Crippen LogP) is 0.724. The molecule has 1 saturated heterocycles. The van der Waals surface area contributed by atoms with Crippen LogP contribution in [0.5, 0.6) is 0 Å². The van der Waals surface area contributed by atoms with Crippen LogP contribution >= 0.6 is 11.6 Å². The van der Waals surface area contributed by atoms with Crippen molar-refractivity contribution < 1.29 is 22.1 Å². The maximum Gasteiger partial charge on any atom is 0.246 e. The van der Waals surface area contributed by atoms with Crippen molar-refractivity contribution in [3.63, 3.8) is 0 Å². The molecule has 0 amide bonds. The maximum absolute atomic E-state index is 14.1. The Morgan fingerprint density at radius 2 is 1.95 bits per heavy atom. The van der Waals surface area contributed by atoms with Crippen molar-refractivity contribution in [2.24, 2.45) is 0 Å². The van der Waals surface area contributed by atoms with Crippen molar-refractivity contribution in [2.45, 2.75) is 11.5 Å². The molecule has 2 rings (SSSR count). The molecule has 0 aliphatic carbocycles. The van der Waals surface area contributed by atoms with Crippen molar-refractivity contribution in [3.8, 4) is 0 Å². The summed E-state index contributed by atoms with van der Waals surface area (Å²) in [7, 11) is -5.08. The first-order valence-electron chi connectivity index (χ1n) is 5.80. The number of aliphatic hydroxyl groups excluding tert-OH is 1. The molecule has 20 heavy (non-hydrogen) atoms. The zero-order valence-corrected chi connectivity index (χ0v) is 12.8. The highest BCUT2D eigenvalue weighted by atomic mass is 35.5. The van der Waals surface area contributed by atoms with Gasteiger partial charge in [-0.25, -0.2) is 12.8 Å². The summed E-state index contributed by atoms with van der Waals surface area (Å²) in [6.45, 7) is -0.482. The third-order valence-corrected chi connectivity index (χ3v) is 6.40. The molecule has 1 aliphatic heterocycles. The molecule has 0 aromatic heterocycles. The summed E-state index contributed by atoms with van der Waals surface area (Å²) in [5.41, 5.74) is -0.170. The van der Waals surface area contributed by atoms with Gasteiger partial charge in [-0.2, -0.15) is 4.31 Å². The van der Waals surface area contributed by atoms with Gasteiger partial charge in [0.25, 0.3) is 0 Å². The third-order valence-electron chi connectivity index (χ3n) is 3.00. The van der Waals surface area contributed by atoms with E-state index in [2.05, 4.69) is 0 Å². The highest BCUT2D eigenvalue weighted by Gasteiger charge is 2.31. The first-order chi connectivity index (χ1) is 9.36. The fraction of sp³-hybridized carbons (Fsp3) is 0.455. The monoisotopic (exact) mass is 341 g/mol. The van der Waals surface area contributed by atoms with Crippen molar-refractivity contribution in [3.05, 3.63) is 28.5 Å². The molecule has 0 atom stereocenters. The molecular formula is C11H13ClFNO4S2. The van der Waals surface area contributed by atoms with Crippen LogP contribution in [0.25, 0.3) is 0 Å². The SMILES string of the molecule is O=S1CCN(S(=O)(=O)c2cc(Cl)cc(CO)c2F)CC1. The number of halogens is 2. The Labute approximate surface area is 123 Å². The standard InChI is InChI=1S/C11H13ClFNO4S2/c12-9-5-8(7-15)11(13)10(6-9)20(17,18)14-1-3-19(16)4-2-14/h5-6,15H,1-4,7H2. The minimum Gasteiger partial charge on any atom is -0.392 e. The molecule has 1 aliphatic rings. The number of rotatable bonds is 3. The van der Waals surface area contributed by atoms with Gasteiger partial charge in [0, 0.05) is 46.0 Å². The van der Waals surface area contributed by atoms with Gasteiger partial charge in [0.1, 0.15) is 10.7 Å². The molecule has 1 N–H and O–H groups in total. The molecule has 0 unspecified atom stereocenters. The highest BCUT2D eigenvalue weighted by molar-refractivity contribution is 7.89. The highest BCUT2D eigenvalue weighted by Crippen LogP contribution is 2.27. The van der Waals surface area contributed by atoms with E-state index in [0.717, 1.165) is 10.4 Å². The second kappa shape index (κ2) is 6.07. The minimum absolute atomic E-state index is 0.0367. The maximum atomic E-state index is 14.1. The molecule has 5 nitrogen and oxygen atoms in total. The van der Waals surface area contributed by atoms with Crippen LogP contribution < -0.4 is 0 Å². The number of hydrogen-bond donors (Lipinski definition) is 1. The Morgan fingerprint density at radius 1 is 1.35 bits per heavy atom. The number of aliphatic hydroxyl groups is 1. The lowest BCUT2D eigenvalue weighted by atomic mass is 10.2. The Bertz CT molecular complexity index is 640. The van der Waals surface area contributed by atoms with Crippen molar-refractivity contribution >= 4 is 32.4 Å². The Hall–Kier alpha value is -0.540. The van der Waals surface area contributed by atoms with Crippen LogP contribution in [0, 0.1) is 5.82 Å². The number of sulfonamides is 1. The van der Waals surface area contributed by atoms with E-state index in [1.807, 2.05) is 0 Å². The van der Waals surface area contributed by atoms with Crippen LogP contribution in [-0.2, 0) is 27.4 Å². The van der Waals surface area contributed by atoms with Gasteiger partial charge in [0.15, 0.2) is 0 Å². The lowest BCUT2D eigenvalue weighted by Crippen LogP contribution is -2.42. The van der Waals surface area contributed by atoms with Crippen LogP contribution in [0.2, 0.25) is 5.02 Å². The average molecular weight is 342 g/mol. The van der Waals surface area contributed by atoms with Gasteiger partial charge in [-0.1, -0.05) is 11.6 Å². The minimum atomic E-state index is -4.04. The largest absolute Gasteiger partial charge is 0.392 e. The molecule has 1 heterocycles. The zero-order valence-electron chi connectivity index (χ0n) is 10.4. The molecular weight excluding hydrogens is 329 g/mol. The van der Waals surface area contributed by atoms with Crippen LogP contribution in [0.3, 0.4) is 0 Å². The van der Waals surface area contributed by atoms with Crippen molar-refractivity contribution in [2.75, 3.05) is 24.6 Å². The third kappa shape index (κ3) is 3.04. The van der Waals surface area contributed by atoms with Crippen LogP contribution in [-0.4, -0.2) is 46.6 Å². The van der Waals surface area contributed by atoms with E-state index in [9.17, 15) is 17.0 Å². The second-order valence-electron chi connectivity index (χ2n) is 4.29. The molecule has 112 valence electrons. The first-order valence-corrected chi connectivity index (χ1v) is 9.11. The van der Waals surface area contributed by atoms with Crippen molar-refractivity contribution in [1.29, 1.82) is 0 Å². The number of hydrogen-bond acceptors (Lipinski definition) is 4. The molecule has 0 spiro atoms. The van der Waals surface area contributed by atoms with Crippen LogP contribution in [0.4, 0.5) is 4.39 Å². The van der Waals surface area contributed by atoms with Gasteiger partial charge in [-0.3, -0.25) is 4.21 Å². The zero-order chi connectivity index (χ0) is 14.9. The molecule has 0 bridgehead atoms. The normalized spacial score (nSPS) is 18.4. The summed E-state index contributed by atoms with van der Waals surface area (Å²) in [6, 6.07) is 2.21. The summed E-state index contributed by atoms with van der Waals surface area (Å²) in [6.07, 6.45) is 0. The van der Waals surface area contributed by atoms with E-state index in [0.29, 0.717) is 0 Å². The smallest absolute Gasteiger partial charge is 0.246 e. The Kier molecular flexibility index (Phi) is 4.80. The number of benzene rings is 1. The molecule has 0 radical (unpaired) electrons. The average Bonchev–Trinajstić information content (AvgIpc) is 2.41. The first kappa shape index (κ1) is 15.8. The van der Waals surface area contributed by atoms with Gasteiger partial charge in [0.05, 0.1) is 6.61 Å². The van der Waals surface area contributed by atoms with Gasteiger partial charge in [0.2, 0.25) is 10.0 Å². The Balaban J connectivity index is 2.44. The lowest BCUT2D eigenvalue weighted by Gasteiger charge is -2.26. The lowest BCUT2D eigenvalue weighted by molar-refractivity contribution is 0.274.